The Morgan fingerprint density at radius 3 is 2.72 bits per heavy atom. The fraction of sp³-hybridized carbons (Fsp3) is 1.00. The molecule has 1 saturated heterocycles. The van der Waals surface area contributed by atoms with E-state index in [1.807, 2.05) is 7.11 Å². The van der Waals surface area contributed by atoms with Gasteiger partial charge in [-0.3, -0.25) is 4.90 Å². The van der Waals surface area contributed by atoms with Crippen molar-refractivity contribution in [2.45, 2.75) is 71.1 Å². The number of hydrogen-bond donors (Lipinski definition) is 1. The zero-order valence-electron chi connectivity index (χ0n) is 13.0. The molecule has 0 bridgehead atoms. The Balaban J connectivity index is 2.17. The quantitative estimate of drug-likeness (QED) is 0.740. The van der Waals surface area contributed by atoms with Gasteiger partial charge >= 0.3 is 0 Å². The van der Waals surface area contributed by atoms with Gasteiger partial charge in [-0.1, -0.05) is 0 Å². The summed E-state index contributed by atoms with van der Waals surface area (Å²) in [4.78, 5) is 2.59. The molecule has 3 nitrogen and oxygen atoms in total. The molecule has 0 radical (unpaired) electrons. The molecule has 1 rings (SSSR count). The lowest BCUT2D eigenvalue weighted by atomic mass is 10.0. The molecule has 3 heteroatoms. The molecule has 18 heavy (non-hydrogen) atoms. The van der Waals surface area contributed by atoms with E-state index in [1.54, 1.807) is 0 Å². The van der Waals surface area contributed by atoms with Gasteiger partial charge in [0.05, 0.1) is 6.10 Å². The number of piperidine rings is 1. The first-order chi connectivity index (χ1) is 8.42. The molecule has 108 valence electrons. The summed E-state index contributed by atoms with van der Waals surface area (Å²) in [7, 11) is 1.84. The summed E-state index contributed by atoms with van der Waals surface area (Å²) >= 11 is 0. The van der Waals surface area contributed by atoms with Gasteiger partial charge in [0.25, 0.3) is 0 Å². The van der Waals surface area contributed by atoms with Gasteiger partial charge in [0, 0.05) is 25.2 Å². The molecular formula is C15H32N2O. The molecule has 0 amide bonds. The van der Waals surface area contributed by atoms with Crippen LogP contribution in [0.5, 0.6) is 0 Å². The highest BCUT2D eigenvalue weighted by Gasteiger charge is 2.22. The van der Waals surface area contributed by atoms with Crippen molar-refractivity contribution >= 4 is 0 Å². The van der Waals surface area contributed by atoms with E-state index >= 15 is 0 Å². The van der Waals surface area contributed by atoms with Crippen molar-refractivity contribution in [1.29, 1.82) is 0 Å². The third-order valence-corrected chi connectivity index (χ3v) is 3.82. The van der Waals surface area contributed by atoms with Crippen LogP contribution in [0.4, 0.5) is 0 Å². The lowest BCUT2D eigenvalue weighted by Crippen LogP contribution is -2.44. The predicted octanol–water partition coefficient (Wildman–Crippen LogP) is 2.65. The molecule has 1 aliphatic heterocycles. The van der Waals surface area contributed by atoms with E-state index in [4.69, 9.17) is 4.74 Å². The number of hydrogen-bond acceptors (Lipinski definition) is 3. The van der Waals surface area contributed by atoms with Crippen LogP contribution in [0, 0.1) is 0 Å². The Bertz CT molecular complexity index is 225. The Kier molecular flexibility index (Phi) is 6.61. The third-order valence-electron chi connectivity index (χ3n) is 3.82. The third kappa shape index (κ3) is 6.17. The maximum absolute atomic E-state index is 5.49. The van der Waals surface area contributed by atoms with Crippen molar-refractivity contribution in [1.82, 2.24) is 10.2 Å². The number of ether oxygens (including phenoxy) is 1. The monoisotopic (exact) mass is 256 g/mol. The largest absolute Gasteiger partial charge is 0.380 e. The van der Waals surface area contributed by atoms with Crippen LogP contribution >= 0.6 is 0 Å². The number of nitrogens with one attached hydrogen (secondary N) is 1. The summed E-state index contributed by atoms with van der Waals surface area (Å²) in [6.45, 7) is 12.5. The van der Waals surface area contributed by atoms with E-state index < -0.39 is 0 Å². The number of rotatable bonds is 6. The van der Waals surface area contributed by atoms with Gasteiger partial charge in [0.15, 0.2) is 0 Å². The minimum absolute atomic E-state index is 0.246. The average Bonchev–Trinajstić information content (AvgIpc) is 2.33. The van der Waals surface area contributed by atoms with Gasteiger partial charge in [-0.25, -0.2) is 0 Å². The first kappa shape index (κ1) is 15.9. The summed E-state index contributed by atoms with van der Waals surface area (Å²) in [6.07, 6.45) is 5.49. The van der Waals surface area contributed by atoms with Crippen molar-refractivity contribution in [2.75, 3.05) is 26.7 Å². The maximum atomic E-state index is 5.49. The molecule has 0 aromatic heterocycles. The Hall–Kier alpha value is -0.120. The number of methoxy groups -OCH3 is 1. The zero-order chi connectivity index (χ0) is 13.6. The minimum atomic E-state index is 0.246. The van der Waals surface area contributed by atoms with E-state index in [-0.39, 0.29) is 5.54 Å². The average molecular weight is 256 g/mol. The normalized spacial score (nSPS) is 24.2. The fourth-order valence-electron chi connectivity index (χ4n) is 2.60. The van der Waals surface area contributed by atoms with E-state index in [0.717, 1.165) is 13.1 Å². The lowest BCUT2D eigenvalue weighted by Gasteiger charge is -2.36. The second-order valence-electron chi connectivity index (χ2n) is 6.66. The van der Waals surface area contributed by atoms with Crippen LogP contribution in [0.2, 0.25) is 0 Å². The van der Waals surface area contributed by atoms with Crippen LogP contribution < -0.4 is 5.32 Å². The van der Waals surface area contributed by atoms with Crippen molar-refractivity contribution < 1.29 is 4.74 Å². The van der Waals surface area contributed by atoms with Crippen LogP contribution in [-0.2, 0) is 4.74 Å². The van der Waals surface area contributed by atoms with Crippen LogP contribution in [0.15, 0.2) is 0 Å². The first-order valence-electron chi connectivity index (χ1n) is 7.44. The van der Waals surface area contributed by atoms with Crippen molar-refractivity contribution in [3.8, 4) is 0 Å². The van der Waals surface area contributed by atoms with Gasteiger partial charge in [0.1, 0.15) is 0 Å². The van der Waals surface area contributed by atoms with Gasteiger partial charge < -0.3 is 10.1 Å². The Labute approximate surface area is 113 Å². The highest BCUT2D eigenvalue weighted by atomic mass is 16.5. The summed E-state index contributed by atoms with van der Waals surface area (Å²) in [6, 6.07) is 0.685. The van der Waals surface area contributed by atoms with Gasteiger partial charge in [0.2, 0.25) is 0 Å². The smallest absolute Gasteiger partial charge is 0.0698 e. The second kappa shape index (κ2) is 7.46. The first-order valence-corrected chi connectivity index (χ1v) is 7.44. The summed E-state index contributed by atoms with van der Waals surface area (Å²) in [5.41, 5.74) is 0.246. The maximum Gasteiger partial charge on any atom is 0.0698 e. The highest BCUT2D eigenvalue weighted by molar-refractivity contribution is 4.78. The molecule has 0 aromatic rings. The molecule has 1 heterocycles. The summed E-state index contributed by atoms with van der Waals surface area (Å²) in [5, 5.41) is 3.56. The zero-order valence-corrected chi connectivity index (χ0v) is 13.0. The second-order valence-corrected chi connectivity index (χ2v) is 6.66. The molecule has 0 spiro atoms. The standard InChI is InChI=1S/C15H32N2O/c1-13(8-6-10-16-15(2,3)4)17-11-7-9-14(12-17)18-5/h13-14,16H,6-12H2,1-5H3. The molecule has 1 fully saturated rings. The molecular weight excluding hydrogens is 224 g/mol. The van der Waals surface area contributed by atoms with Crippen molar-refractivity contribution in [2.24, 2.45) is 0 Å². The van der Waals surface area contributed by atoms with Gasteiger partial charge in [-0.05, 0) is 66.5 Å². The SMILES string of the molecule is COC1CCCN(C(C)CCCNC(C)(C)C)C1. The van der Waals surface area contributed by atoms with Crippen molar-refractivity contribution in [3.05, 3.63) is 0 Å². The number of likely N-dealkylation sites (tertiary alicyclic amines) is 1. The molecule has 2 unspecified atom stereocenters. The van der Waals surface area contributed by atoms with Crippen LogP contribution in [0.3, 0.4) is 0 Å². The van der Waals surface area contributed by atoms with E-state index in [2.05, 4.69) is 37.9 Å². The minimum Gasteiger partial charge on any atom is -0.380 e. The lowest BCUT2D eigenvalue weighted by molar-refractivity contribution is 0.0158. The number of nitrogens with zero attached hydrogens (tertiary/aromatic N) is 1. The topological polar surface area (TPSA) is 24.5 Å². The molecule has 0 aliphatic carbocycles. The molecule has 1 N–H and O–H groups in total. The van der Waals surface area contributed by atoms with E-state index in [0.29, 0.717) is 12.1 Å². The molecule has 2 atom stereocenters. The van der Waals surface area contributed by atoms with Crippen LogP contribution in [-0.4, -0.2) is 49.3 Å². The van der Waals surface area contributed by atoms with E-state index in [9.17, 15) is 0 Å². The summed E-state index contributed by atoms with van der Waals surface area (Å²) in [5.74, 6) is 0. The Morgan fingerprint density at radius 1 is 1.39 bits per heavy atom. The van der Waals surface area contributed by atoms with Crippen LogP contribution in [0.25, 0.3) is 0 Å². The Morgan fingerprint density at radius 2 is 2.11 bits per heavy atom. The molecule has 0 aromatic carbocycles. The summed E-state index contributed by atoms with van der Waals surface area (Å²) < 4.78 is 5.49. The van der Waals surface area contributed by atoms with Crippen LogP contribution in [0.1, 0.15) is 53.4 Å². The predicted molar refractivity (Wildman–Crippen MR) is 78.1 cm³/mol. The fourth-order valence-corrected chi connectivity index (χ4v) is 2.60. The van der Waals surface area contributed by atoms with Gasteiger partial charge in [-0.15, -0.1) is 0 Å². The van der Waals surface area contributed by atoms with Gasteiger partial charge in [-0.2, -0.15) is 0 Å². The highest BCUT2D eigenvalue weighted by Crippen LogP contribution is 2.17. The van der Waals surface area contributed by atoms with E-state index in [1.165, 1.54) is 32.2 Å². The molecule has 1 aliphatic rings. The molecule has 0 saturated carbocycles. The van der Waals surface area contributed by atoms with Crippen molar-refractivity contribution in [3.63, 3.8) is 0 Å².